The third-order valence-electron chi connectivity index (χ3n) is 2.94. The first-order valence-electron chi connectivity index (χ1n) is 4.46. The van der Waals surface area contributed by atoms with Crippen molar-refractivity contribution < 1.29 is 0 Å². The van der Waals surface area contributed by atoms with Gasteiger partial charge in [-0.3, -0.25) is 0 Å². The lowest BCUT2D eigenvalue weighted by molar-refractivity contribution is 0.203. The molecule has 2 bridgehead atoms. The van der Waals surface area contributed by atoms with Crippen molar-refractivity contribution in [1.82, 2.24) is 0 Å². The van der Waals surface area contributed by atoms with Gasteiger partial charge >= 0.3 is 0 Å². The molecule has 0 aromatic rings. The summed E-state index contributed by atoms with van der Waals surface area (Å²) in [5.41, 5.74) is 0.461. The Hall–Kier alpha value is -0.520. The molecule has 0 nitrogen and oxygen atoms in total. The lowest BCUT2D eigenvalue weighted by Crippen LogP contribution is -2.25. The minimum Gasteiger partial charge on any atom is -0.0807 e. The van der Waals surface area contributed by atoms with Gasteiger partial charge in [0.25, 0.3) is 0 Å². The van der Waals surface area contributed by atoms with Crippen LogP contribution in [0.2, 0.25) is 0 Å². The molecule has 2 aliphatic rings. The van der Waals surface area contributed by atoms with Gasteiger partial charge in [-0.05, 0) is 23.2 Å². The number of hydrogen-bond donors (Lipinski definition) is 0. The van der Waals surface area contributed by atoms with Crippen molar-refractivity contribution in [2.75, 3.05) is 0 Å². The Labute approximate surface area is 69.0 Å². The van der Waals surface area contributed by atoms with E-state index in [4.69, 9.17) is 0 Å². The normalized spacial score (nSPS) is 40.5. The predicted molar refractivity (Wildman–Crippen MR) is 48.2 cm³/mol. The van der Waals surface area contributed by atoms with Crippen LogP contribution in [0.1, 0.15) is 20.8 Å². The van der Waals surface area contributed by atoms with Gasteiger partial charge in [-0.2, -0.15) is 0 Å². The Balaban J connectivity index is 2.23. The van der Waals surface area contributed by atoms with Crippen molar-refractivity contribution in [1.29, 1.82) is 0 Å². The van der Waals surface area contributed by atoms with Crippen molar-refractivity contribution in [3.8, 4) is 0 Å². The summed E-state index contributed by atoms with van der Waals surface area (Å²) in [5, 5.41) is 0. The van der Waals surface area contributed by atoms with Gasteiger partial charge in [-0.1, -0.05) is 45.1 Å². The highest BCUT2D eigenvalue weighted by Gasteiger charge is 2.40. The molecule has 0 fully saturated rings. The van der Waals surface area contributed by atoms with Crippen molar-refractivity contribution in [3.63, 3.8) is 0 Å². The Bertz CT molecular complexity index is 185. The Morgan fingerprint density at radius 2 is 1.18 bits per heavy atom. The first-order chi connectivity index (χ1) is 5.09. The molecule has 60 valence electrons. The van der Waals surface area contributed by atoms with Crippen LogP contribution >= 0.6 is 0 Å². The third-order valence-corrected chi connectivity index (χ3v) is 2.94. The summed E-state index contributed by atoms with van der Waals surface area (Å²) in [6.45, 7) is 7.03. The SMILES string of the molecule is CC(C)(C)C1C2C=CC1C=C2. The Morgan fingerprint density at radius 1 is 0.818 bits per heavy atom. The average Bonchev–Trinajstić information content (AvgIpc) is 2.40. The van der Waals surface area contributed by atoms with Crippen LogP contribution in [0.15, 0.2) is 24.3 Å². The van der Waals surface area contributed by atoms with Crippen molar-refractivity contribution in [3.05, 3.63) is 24.3 Å². The van der Waals surface area contributed by atoms with Gasteiger partial charge in [0.1, 0.15) is 0 Å². The van der Waals surface area contributed by atoms with Crippen LogP contribution in [0, 0.1) is 23.2 Å². The number of rotatable bonds is 0. The van der Waals surface area contributed by atoms with Crippen LogP contribution in [-0.2, 0) is 0 Å². The molecule has 0 saturated heterocycles. The van der Waals surface area contributed by atoms with Gasteiger partial charge in [0.2, 0.25) is 0 Å². The third kappa shape index (κ3) is 0.962. The fourth-order valence-corrected chi connectivity index (χ4v) is 2.53. The highest BCUT2D eigenvalue weighted by Crippen LogP contribution is 2.48. The molecular formula is C11H16. The highest BCUT2D eigenvalue weighted by atomic mass is 14.4. The second-order valence-electron chi connectivity index (χ2n) is 4.82. The molecular weight excluding hydrogens is 132 g/mol. The van der Waals surface area contributed by atoms with E-state index >= 15 is 0 Å². The minimum absolute atomic E-state index is 0.461. The van der Waals surface area contributed by atoms with Gasteiger partial charge in [0.05, 0.1) is 0 Å². The van der Waals surface area contributed by atoms with E-state index in [1.54, 1.807) is 0 Å². The summed E-state index contributed by atoms with van der Waals surface area (Å²) in [7, 11) is 0. The second kappa shape index (κ2) is 2.00. The lowest BCUT2D eigenvalue weighted by Gasteiger charge is -2.31. The average molecular weight is 148 g/mol. The fraction of sp³-hybridized carbons (Fsp3) is 0.636. The Morgan fingerprint density at radius 3 is 1.36 bits per heavy atom. The molecule has 0 spiro atoms. The molecule has 0 radical (unpaired) electrons. The van der Waals surface area contributed by atoms with E-state index in [1.165, 1.54) is 0 Å². The number of fused-ring (bicyclic) bond motifs is 2. The molecule has 11 heavy (non-hydrogen) atoms. The molecule has 0 amide bonds. The van der Waals surface area contributed by atoms with Crippen LogP contribution in [0.5, 0.6) is 0 Å². The van der Waals surface area contributed by atoms with Gasteiger partial charge in [-0.25, -0.2) is 0 Å². The summed E-state index contributed by atoms with van der Waals surface area (Å²) >= 11 is 0. The highest BCUT2D eigenvalue weighted by molar-refractivity contribution is 5.26. The van der Waals surface area contributed by atoms with Crippen LogP contribution < -0.4 is 0 Å². The van der Waals surface area contributed by atoms with Crippen molar-refractivity contribution in [2.45, 2.75) is 20.8 Å². The summed E-state index contributed by atoms with van der Waals surface area (Å²) in [4.78, 5) is 0. The minimum atomic E-state index is 0.461. The molecule has 0 aliphatic heterocycles. The van der Waals surface area contributed by atoms with Gasteiger partial charge < -0.3 is 0 Å². The molecule has 0 aromatic carbocycles. The lowest BCUT2D eigenvalue weighted by atomic mass is 9.73. The monoisotopic (exact) mass is 148 g/mol. The van der Waals surface area contributed by atoms with E-state index in [9.17, 15) is 0 Å². The zero-order valence-corrected chi connectivity index (χ0v) is 7.54. The Kier molecular flexibility index (Phi) is 1.30. The van der Waals surface area contributed by atoms with Gasteiger partial charge in [0, 0.05) is 0 Å². The second-order valence-corrected chi connectivity index (χ2v) is 4.82. The van der Waals surface area contributed by atoms with Gasteiger partial charge in [-0.15, -0.1) is 0 Å². The molecule has 0 unspecified atom stereocenters. The maximum absolute atomic E-state index is 2.36. The maximum Gasteiger partial charge on any atom is -0.00111 e. The number of hydrogen-bond acceptors (Lipinski definition) is 0. The van der Waals surface area contributed by atoms with Crippen LogP contribution in [0.3, 0.4) is 0 Å². The van der Waals surface area contributed by atoms with Crippen molar-refractivity contribution in [2.24, 2.45) is 23.2 Å². The van der Waals surface area contributed by atoms with E-state index in [-0.39, 0.29) is 0 Å². The van der Waals surface area contributed by atoms with Crippen LogP contribution in [-0.4, -0.2) is 0 Å². The van der Waals surface area contributed by atoms with E-state index in [0.717, 1.165) is 17.8 Å². The number of allylic oxidation sites excluding steroid dienone is 4. The summed E-state index contributed by atoms with van der Waals surface area (Å²) in [6.07, 6.45) is 9.45. The standard InChI is InChI=1S/C11H16/c1-11(2,3)10-8-4-5-9(10)7-6-8/h4-10H,1-3H3. The van der Waals surface area contributed by atoms with Crippen LogP contribution in [0.25, 0.3) is 0 Å². The molecule has 0 heterocycles. The molecule has 0 heteroatoms. The summed E-state index contributed by atoms with van der Waals surface area (Å²) < 4.78 is 0. The van der Waals surface area contributed by atoms with E-state index in [2.05, 4.69) is 45.1 Å². The summed E-state index contributed by atoms with van der Waals surface area (Å²) in [6, 6.07) is 0. The van der Waals surface area contributed by atoms with Crippen molar-refractivity contribution >= 4 is 0 Å². The van der Waals surface area contributed by atoms with E-state index in [1.807, 2.05) is 0 Å². The smallest absolute Gasteiger partial charge is 0.00111 e. The largest absolute Gasteiger partial charge is 0.0807 e. The van der Waals surface area contributed by atoms with E-state index < -0.39 is 0 Å². The molecule has 2 aliphatic carbocycles. The first-order valence-corrected chi connectivity index (χ1v) is 4.46. The zero-order valence-electron chi connectivity index (χ0n) is 7.54. The maximum atomic E-state index is 2.36. The quantitative estimate of drug-likeness (QED) is 0.463. The predicted octanol–water partition coefficient (Wildman–Crippen LogP) is 3.02. The topological polar surface area (TPSA) is 0 Å². The fourth-order valence-electron chi connectivity index (χ4n) is 2.53. The zero-order chi connectivity index (χ0) is 8.06. The van der Waals surface area contributed by atoms with Gasteiger partial charge in [0.15, 0.2) is 0 Å². The van der Waals surface area contributed by atoms with Crippen LogP contribution in [0.4, 0.5) is 0 Å². The van der Waals surface area contributed by atoms with E-state index in [0.29, 0.717) is 5.41 Å². The molecule has 2 rings (SSSR count). The summed E-state index contributed by atoms with van der Waals surface area (Å²) in [5.74, 6) is 2.31. The molecule has 0 aromatic heterocycles. The first kappa shape index (κ1) is 7.15. The molecule has 0 saturated carbocycles. The molecule has 0 N–H and O–H groups in total. The molecule has 0 atom stereocenters.